The fraction of sp³-hybridized carbons (Fsp3) is 0. The van der Waals surface area contributed by atoms with Crippen molar-refractivity contribution in [1.82, 2.24) is 4.37 Å². The van der Waals surface area contributed by atoms with Crippen molar-refractivity contribution in [3.63, 3.8) is 0 Å². The van der Waals surface area contributed by atoms with Crippen molar-refractivity contribution in [1.29, 1.82) is 0 Å². The highest BCUT2D eigenvalue weighted by Gasteiger charge is 2.04. The van der Waals surface area contributed by atoms with Crippen LogP contribution in [0.2, 0.25) is 0 Å². The highest BCUT2D eigenvalue weighted by atomic mass is 32.1. The summed E-state index contributed by atoms with van der Waals surface area (Å²) in [6.45, 7) is 0. The van der Waals surface area contributed by atoms with Crippen molar-refractivity contribution in [2.75, 3.05) is 0 Å². The molecule has 2 rings (SSSR count). The van der Waals surface area contributed by atoms with E-state index in [9.17, 15) is 4.79 Å². The van der Waals surface area contributed by atoms with E-state index in [0.29, 0.717) is 5.56 Å². The molecule has 3 nitrogen and oxygen atoms in total. The Morgan fingerprint density at radius 2 is 2.21 bits per heavy atom. The number of benzene rings is 1. The first kappa shape index (κ1) is 8.90. The molecule has 0 radical (unpaired) electrons. The second kappa shape index (κ2) is 3.59. The van der Waals surface area contributed by atoms with Crippen molar-refractivity contribution in [3.8, 4) is 11.1 Å². The molecule has 0 aliphatic rings. The van der Waals surface area contributed by atoms with Crippen LogP contribution in [0.15, 0.2) is 35.8 Å². The molecular weight excluding hydrogens is 198 g/mol. The number of nitrogens with zero attached hydrogens (tertiary/aromatic N) is 1. The van der Waals surface area contributed by atoms with Gasteiger partial charge in [-0.15, -0.1) is 0 Å². The normalized spacial score (nSPS) is 10.0. The van der Waals surface area contributed by atoms with Gasteiger partial charge in [-0.05, 0) is 29.2 Å². The lowest BCUT2D eigenvalue weighted by Crippen LogP contribution is -1.95. The van der Waals surface area contributed by atoms with Gasteiger partial charge in [0.2, 0.25) is 0 Å². The average molecular weight is 205 g/mol. The Kier molecular flexibility index (Phi) is 2.28. The van der Waals surface area contributed by atoms with Gasteiger partial charge >= 0.3 is 5.97 Å². The van der Waals surface area contributed by atoms with Crippen LogP contribution in [-0.4, -0.2) is 15.4 Å². The molecular formula is C10H7NO2S. The van der Waals surface area contributed by atoms with Gasteiger partial charge in [-0.25, -0.2) is 9.17 Å². The van der Waals surface area contributed by atoms with Crippen molar-refractivity contribution in [2.45, 2.75) is 0 Å². The minimum atomic E-state index is -0.907. The number of carboxylic acid groups (broad SMARTS) is 1. The third kappa shape index (κ3) is 1.65. The summed E-state index contributed by atoms with van der Waals surface area (Å²) >= 11 is 1.35. The zero-order valence-corrected chi connectivity index (χ0v) is 7.99. The van der Waals surface area contributed by atoms with Gasteiger partial charge in [0.15, 0.2) is 0 Å². The molecule has 1 N–H and O–H groups in total. The molecule has 2 aromatic rings. The molecule has 0 aliphatic heterocycles. The van der Waals surface area contributed by atoms with Crippen LogP contribution in [0.5, 0.6) is 0 Å². The summed E-state index contributed by atoms with van der Waals surface area (Å²) < 4.78 is 3.97. The number of carbonyl (C=O) groups is 1. The minimum Gasteiger partial charge on any atom is -0.478 e. The lowest BCUT2D eigenvalue weighted by Gasteiger charge is -1.98. The summed E-state index contributed by atoms with van der Waals surface area (Å²) in [4.78, 5) is 10.7. The predicted octanol–water partition coefficient (Wildman–Crippen LogP) is 2.51. The maximum absolute atomic E-state index is 10.7. The van der Waals surface area contributed by atoms with Crippen LogP contribution < -0.4 is 0 Å². The van der Waals surface area contributed by atoms with Crippen LogP contribution in [0.3, 0.4) is 0 Å². The zero-order chi connectivity index (χ0) is 9.97. The number of aromatic carboxylic acids is 1. The van der Waals surface area contributed by atoms with Crippen LogP contribution in [0.25, 0.3) is 11.1 Å². The van der Waals surface area contributed by atoms with Crippen LogP contribution in [-0.2, 0) is 0 Å². The lowest BCUT2D eigenvalue weighted by molar-refractivity contribution is 0.0697. The summed E-state index contributed by atoms with van der Waals surface area (Å²) in [5.41, 5.74) is 2.14. The average Bonchev–Trinajstić information content (AvgIpc) is 2.71. The largest absolute Gasteiger partial charge is 0.478 e. The summed E-state index contributed by atoms with van der Waals surface area (Å²) in [5.74, 6) is -0.907. The highest BCUT2D eigenvalue weighted by molar-refractivity contribution is 7.03. The van der Waals surface area contributed by atoms with Crippen LogP contribution >= 0.6 is 11.5 Å². The summed E-state index contributed by atoms with van der Waals surface area (Å²) in [7, 11) is 0. The van der Waals surface area contributed by atoms with Gasteiger partial charge in [-0.1, -0.05) is 12.1 Å². The van der Waals surface area contributed by atoms with Gasteiger partial charge in [-0.2, -0.15) is 0 Å². The molecule has 1 aromatic heterocycles. The first-order chi connectivity index (χ1) is 6.77. The molecule has 0 amide bonds. The van der Waals surface area contributed by atoms with E-state index < -0.39 is 5.97 Å². The van der Waals surface area contributed by atoms with Crippen LogP contribution in [0.1, 0.15) is 10.4 Å². The van der Waals surface area contributed by atoms with E-state index in [4.69, 9.17) is 5.11 Å². The second-order valence-electron chi connectivity index (χ2n) is 2.80. The third-order valence-electron chi connectivity index (χ3n) is 1.88. The number of hydrogen-bond acceptors (Lipinski definition) is 3. The molecule has 1 heterocycles. The van der Waals surface area contributed by atoms with Gasteiger partial charge in [0.1, 0.15) is 0 Å². The molecule has 0 aliphatic carbocycles. The van der Waals surface area contributed by atoms with E-state index in [2.05, 4.69) is 4.37 Å². The predicted molar refractivity (Wildman–Crippen MR) is 54.5 cm³/mol. The maximum Gasteiger partial charge on any atom is 0.335 e. The Balaban J connectivity index is 2.46. The van der Waals surface area contributed by atoms with Crippen LogP contribution in [0, 0.1) is 0 Å². The smallest absolute Gasteiger partial charge is 0.335 e. The molecule has 1 aromatic carbocycles. The first-order valence-corrected chi connectivity index (χ1v) is 4.84. The third-order valence-corrected chi connectivity index (χ3v) is 2.46. The first-order valence-electron chi connectivity index (χ1n) is 4.00. The maximum atomic E-state index is 10.7. The van der Waals surface area contributed by atoms with E-state index in [-0.39, 0.29) is 0 Å². The molecule has 4 heteroatoms. The Hall–Kier alpha value is -1.68. The van der Waals surface area contributed by atoms with Crippen molar-refractivity contribution >= 4 is 17.5 Å². The van der Waals surface area contributed by atoms with Crippen molar-refractivity contribution in [2.24, 2.45) is 0 Å². The monoisotopic (exact) mass is 205 g/mol. The van der Waals surface area contributed by atoms with Gasteiger partial charge in [-0.3, -0.25) is 0 Å². The molecule has 0 unspecified atom stereocenters. The fourth-order valence-electron chi connectivity index (χ4n) is 1.18. The zero-order valence-electron chi connectivity index (χ0n) is 7.18. The molecule has 0 saturated heterocycles. The lowest BCUT2D eigenvalue weighted by atomic mass is 10.1. The highest BCUT2D eigenvalue weighted by Crippen LogP contribution is 2.21. The standard InChI is InChI=1S/C10H7NO2S/c12-10(13)8-3-1-2-7(4-8)9-5-11-14-6-9/h1-6H,(H,12,13). The quantitative estimate of drug-likeness (QED) is 0.819. The number of hydrogen-bond donors (Lipinski definition) is 1. The van der Waals surface area contributed by atoms with E-state index in [1.807, 2.05) is 11.4 Å². The summed E-state index contributed by atoms with van der Waals surface area (Å²) in [6.07, 6.45) is 1.73. The Morgan fingerprint density at radius 1 is 1.36 bits per heavy atom. The molecule has 0 bridgehead atoms. The summed E-state index contributed by atoms with van der Waals surface area (Å²) in [6, 6.07) is 6.82. The number of aromatic nitrogens is 1. The van der Waals surface area contributed by atoms with Gasteiger partial charge in [0, 0.05) is 17.1 Å². The molecule has 0 saturated carbocycles. The molecule has 0 fully saturated rings. The topological polar surface area (TPSA) is 50.2 Å². The van der Waals surface area contributed by atoms with E-state index in [1.54, 1.807) is 24.4 Å². The van der Waals surface area contributed by atoms with E-state index >= 15 is 0 Å². The molecule has 0 spiro atoms. The van der Waals surface area contributed by atoms with Crippen molar-refractivity contribution in [3.05, 3.63) is 41.4 Å². The molecule has 14 heavy (non-hydrogen) atoms. The Bertz CT molecular complexity index is 451. The minimum absolute atomic E-state index is 0.300. The number of rotatable bonds is 2. The van der Waals surface area contributed by atoms with Gasteiger partial charge < -0.3 is 5.11 Å². The fourth-order valence-corrected chi connectivity index (χ4v) is 1.72. The molecule has 0 atom stereocenters. The van der Waals surface area contributed by atoms with Gasteiger partial charge in [0.05, 0.1) is 5.56 Å². The van der Waals surface area contributed by atoms with Gasteiger partial charge in [0.25, 0.3) is 0 Å². The Morgan fingerprint density at radius 3 is 2.86 bits per heavy atom. The SMILES string of the molecule is O=C(O)c1cccc(-c2cnsc2)c1. The summed E-state index contributed by atoms with van der Waals surface area (Å²) in [5, 5.41) is 10.7. The Labute approximate surface area is 84.8 Å². The van der Waals surface area contributed by atoms with Crippen molar-refractivity contribution < 1.29 is 9.90 Å². The van der Waals surface area contributed by atoms with E-state index in [1.165, 1.54) is 11.5 Å². The van der Waals surface area contributed by atoms with E-state index in [0.717, 1.165) is 11.1 Å². The second-order valence-corrected chi connectivity index (χ2v) is 3.46. The molecule has 70 valence electrons. The number of carboxylic acids is 1. The van der Waals surface area contributed by atoms with Crippen LogP contribution in [0.4, 0.5) is 0 Å².